The normalized spacial score (nSPS) is 19.4. The van der Waals surface area contributed by atoms with Crippen LogP contribution in [0.25, 0.3) is 0 Å². The summed E-state index contributed by atoms with van der Waals surface area (Å²) in [5.41, 5.74) is -0.296. The number of hydrogen-bond donors (Lipinski definition) is 1. The third kappa shape index (κ3) is 2.46. The average molecular weight is 345 g/mol. The fourth-order valence-corrected chi connectivity index (χ4v) is 5.47. The van der Waals surface area contributed by atoms with Gasteiger partial charge in [-0.25, -0.2) is 13.1 Å². The Bertz CT molecular complexity index is 476. The van der Waals surface area contributed by atoms with Crippen molar-refractivity contribution in [1.29, 1.82) is 0 Å². The van der Waals surface area contributed by atoms with Crippen molar-refractivity contribution in [3.05, 3.63) is 16.5 Å². The Labute approximate surface area is 112 Å². The molecule has 1 saturated carbocycles. The largest absolute Gasteiger partial charge is 0.250 e. The van der Waals surface area contributed by atoms with Crippen LogP contribution in [0.15, 0.2) is 16.3 Å². The van der Waals surface area contributed by atoms with E-state index in [1.165, 1.54) is 6.07 Å². The van der Waals surface area contributed by atoms with Crippen molar-refractivity contribution < 1.29 is 8.42 Å². The minimum atomic E-state index is -3.42. The van der Waals surface area contributed by atoms with E-state index in [4.69, 9.17) is 11.6 Å². The Morgan fingerprint density at radius 1 is 1.50 bits per heavy atom. The van der Waals surface area contributed by atoms with Crippen LogP contribution in [0.1, 0.15) is 19.3 Å². The molecular formula is C9H11BrClNO2S2. The van der Waals surface area contributed by atoms with Gasteiger partial charge in [0.2, 0.25) is 0 Å². The van der Waals surface area contributed by atoms with Crippen LogP contribution in [-0.2, 0) is 10.0 Å². The van der Waals surface area contributed by atoms with Crippen LogP contribution in [0.4, 0.5) is 0 Å². The Morgan fingerprint density at radius 3 is 2.56 bits per heavy atom. The molecule has 0 amide bonds. The Balaban J connectivity index is 2.20. The molecule has 3 nitrogen and oxygen atoms in total. The van der Waals surface area contributed by atoms with Crippen LogP contribution in [0.3, 0.4) is 0 Å². The molecule has 1 N–H and O–H groups in total. The number of nitrogens with one attached hydrogen (secondary N) is 1. The molecular weight excluding hydrogens is 334 g/mol. The van der Waals surface area contributed by atoms with Gasteiger partial charge in [-0.3, -0.25) is 0 Å². The van der Waals surface area contributed by atoms with E-state index in [1.807, 2.05) is 0 Å². The minimum absolute atomic E-state index is 0.282. The summed E-state index contributed by atoms with van der Waals surface area (Å²) in [6.07, 6.45) is 2.84. The van der Waals surface area contributed by atoms with Gasteiger partial charge in [-0.2, -0.15) is 0 Å². The van der Waals surface area contributed by atoms with Crippen LogP contribution in [-0.4, -0.2) is 19.3 Å². The summed E-state index contributed by atoms with van der Waals surface area (Å²) in [6, 6.07) is 3.14. The van der Waals surface area contributed by atoms with Crippen LogP contribution in [0, 0.1) is 0 Å². The first-order valence-electron chi connectivity index (χ1n) is 4.83. The van der Waals surface area contributed by atoms with E-state index >= 15 is 0 Å². The van der Waals surface area contributed by atoms with E-state index in [-0.39, 0.29) is 9.75 Å². The summed E-state index contributed by atoms with van der Waals surface area (Å²) in [7, 11) is -3.42. The van der Waals surface area contributed by atoms with Crippen LogP contribution >= 0.6 is 38.9 Å². The Kier molecular flexibility index (Phi) is 3.66. The molecule has 1 aromatic rings. The molecule has 1 aliphatic carbocycles. The second-order valence-electron chi connectivity index (χ2n) is 3.93. The van der Waals surface area contributed by atoms with Gasteiger partial charge in [0.1, 0.15) is 4.21 Å². The monoisotopic (exact) mass is 343 g/mol. The summed E-state index contributed by atoms with van der Waals surface area (Å²) in [5, 5.41) is 0.651. The summed E-state index contributed by atoms with van der Waals surface area (Å²) in [4.78, 5) is 0. The predicted octanol–water partition coefficient (Wildman–Crippen LogP) is 3.00. The average Bonchev–Trinajstić information content (AvgIpc) is 2.59. The molecule has 0 radical (unpaired) electrons. The molecule has 1 fully saturated rings. The van der Waals surface area contributed by atoms with Crippen LogP contribution in [0.5, 0.6) is 0 Å². The number of alkyl halides is 1. The van der Waals surface area contributed by atoms with Gasteiger partial charge in [-0.05, 0) is 31.4 Å². The highest BCUT2D eigenvalue weighted by atomic mass is 79.9. The molecule has 1 aliphatic rings. The zero-order chi connectivity index (χ0) is 11.8. The van der Waals surface area contributed by atoms with Crippen molar-refractivity contribution in [2.75, 3.05) is 5.33 Å². The standard InChI is InChI=1S/C9H11BrClNO2S2/c10-6-9(4-1-5-9)12-16(13,14)8-3-2-7(11)15-8/h2-3,12H,1,4-6H2. The molecule has 0 aliphatic heterocycles. The quantitative estimate of drug-likeness (QED) is 0.854. The number of rotatable bonds is 4. The number of sulfonamides is 1. The van der Waals surface area contributed by atoms with E-state index in [0.717, 1.165) is 30.6 Å². The van der Waals surface area contributed by atoms with Crippen LogP contribution < -0.4 is 4.72 Å². The summed E-state index contributed by atoms with van der Waals surface area (Å²) < 4.78 is 27.6. The summed E-state index contributed by atoms with van der Waals surface area (Å²) in [6.45, 7) is 0. The van der Waals surface area contributed by atoms with E-state index in [1.54, 1.807) is 6.07 Å². The molecule has 7 heteroatoms. The van der Waals surface area contributed by atoms with Crippen molar-refractivity contribution in [2.24, 2.45) is 0 Å². The number of hydrogen-bond acceptors (Lipinski definition) is 3. The molecule has 1 heterocycles. The maximum Gasteiger partial charge on any atom is 0.250 e. The Morgan fingerprint density at radius 2 is 2.19 bits per heavy atom. The van der Waals surface area contributed by atoms with Crippen molar-refractivity contribution in [3.63, 3.8) is 0 Å². The Hall–Kier alpha value is 0.380. The van der Waals surface area contributed by atoms with Gasteiger partial charge in [0.05, 0.1) is 4.34 Å². The lowest BCUT2D eigenvalue weighted by molar-refractivity contribution is 0.256. The zero-order valence-electron chi connectivity index (χ0n) is 8.37. The molecule has 0 saturated heterocycles. The van der Waals surface area contributed by atoms with Gasteiger partial charge in [-0.1, -0.05) is 27.5 Å². The number of thiophene rings is 1. The summed E-state index contributed by atoms with van der Waals surface area (Å²) >= 11 is 10.2. The zero-order valence-corrected chi connectivity index (χ0v) is 12.3. The molecule has 0 spiro atoms. The first-order chi connectivity index (χ1) is 7.47. The van der Waals surface area contributed by atoms with Gasteiger partial charge in [0.15, 0.2) is 0 Å². The fraction of sp³-hybridized carbons (Fsp3) is 0.556. The summed E-state index contributed by atoms with van der Waals surface area (Å²) in [5.74, 6) is 0. The van der Waals surface area contributed by atoms with E-state index < -0.39 is 10.0 Å². The maximum atomic E-state index is 12.0. The van der Waals surface area contributed by atoms with Crippen molar-refractivity contribution in [2.45, 2.75) is 29.0 Å². The third-order valence-corrected chi connectivity index (χ3v) is 7.11. The molecule has 90 valence electrons. The molecule has 0 bridgehead atoms. The first kappa shape index (κ1) is 12.8. The predicted molar refractivity (Wildman–Crippen MR) is 70.0 cm³/mol. The topological polar surface area (TPSA) is 46.2 Å². The van der Waals surface area contributed by atoms with E-state index in [9.17, 15) is 8.42 Å². The second kappa shape index (κ2) is 4.57. The highest BCUT2D eigenvalue weighted by Crippen LogP contribution is 2.36. The molecule has 0 atom stereocenters. The van der Waals surface area contributed by atoms with Crippen molar-refractivity contribution in [1.82, 2.24) is 4.72 Å². The van der Waals surface area contributed by atoms with Crippen LogP contribution in [0.2, 0.25) is 4.34 Å². The first-order valence-corrected chi connectivity index (χ1v) is 8.63. The molecule has 2 rings (SSSR count). The van der Waals surface area contributed by atoms with Gasteiger partial charge in [-0.15, -0.1) is 11.3 Å². The van der Waals surface area contributed by atoms with Gasteiger partial charge >= 0.3 is 0 Å². The minimum Gasteiger partial charge on any atom is -0.206 e. The maximum absolute atomic E-state index is 12.0. The lowest BCUT2D eigenvalue weighted by atomic mass is 9.80. The SMILES string of the molecule is O=S(=O)(NC1(CBr)CCC1)c1ccc(Cl)s1. The lowest BCUT2D eigenvalue weighted by Crippen LogP contribution is -2.54. The molecule has 16 heavy (non-hydrogen) atoms. The molecule has 1 aromatic heterocycles. The van der Waals surface area contributed by atoms with E-state index in [2.05, 4.69) is 20.7 Å². The smallest absolute Gasteiger partial charge is 0.206 e. The van der Waals surface area contributed by atoms with E-state index in [0.29, 0.717) is 9.67 Å². The lowest BCUT2D eigenvalue weighted by Gasteiger charge is -2.40. The highest BCUT2D eigenvalue weighted by Gasteiger charge is 2.40. The van der Waals surface area contributed by atoms with Crippen molar-refractivity contribution in [3.8, 4) is 0 Å². The van der Waals surface area contributed by atoms with Gasteiger partial charge < -0.3 is 0 Å². The highest BCUT2D eigenvalue weighted by molar-refractivity contribution is 9.09. The third-order valence-electron chi connectivity index (χ3n) is 2.73. The van der Waals surface area contributed by atoms with Gasteiger partial charge in [0, 0.05) is 10.9 Å². The molecule has 0 aromatic carbocycles. The van der Waals surface area contributed by atoms with Crippen molar-refractivity contribution >= 4 is 48.9 Å². The fourth-order valence-electron chi connectivity index (χ4n) is 1.64. The molecule has 0 unspecified atom stereocenters. The van der Waals surface area contributed by atoms with Gasteiger partial charge in [0.25, 0.3) is 10.0 Å². The number of halogens is 2. The second-order valence-corrected chi connectivity index (χ2v) is 8.12.